The van der Waals surface area contributed by atoms with Crippen LogP contribution in [0.3, 0.4) is 0 Å². The average Bonchev–Trinajstić information content (AvgIpc) is 2.94. The summed E-state index contributed by atoms with van der Waals surface area (Å²) in [5, 5.41) is 0. The molecule has 2 heterocycles. The van der Waals surface area contributed by atoms with Crippen LogP contribution in [-0.2, 0) is 11.3 Å². The summed E-state index contributed by atoms with van der Waals surface area (Å²) in [5.74, 6) is -0.434. The molecule has 110 valence electrons. The molecule has 6 nitrogen and oxygen atoms in total. The Bertz CT molecular complexity index is 537. The van der Waals surface area contributed by atoms with Crippen LogP contribution in [0.2, 0.25) is 0 Å². The number of nitrogens with two attached hydrogens (primary N) is 2. The molecule has 6 heteroatoms. The van der Waals surface area contributed by atoms with E-state index in [1.165, 1.54) is 0 Å². The van der Waals surface area contributed by atoms with Crippen LogP contribution in [0, 0.1) is 5.41 Å². The van der Waals surface area contributed by atoms with Gasteiger partial charge in [-0.2, -0.15) is 0 Å². The number of aryl methyl sites for hydroxylation is 1. The highest BCUT2D eigenvalue weighted by molar-refractivity contribution is 5.95. The molecular weight excluding hydrogens is 256 g/mol. The number of hydrogen-bond acceptors (Lipinski definition) is 3. The summed E-state index contributed by atoms with van der Waals surface area (Å²) in [6.45, 7) is 5.53. The van der Waals surface area contributed by atoms with Crippen molar-refractivity contribution in [3.05, 3.63) is 18.0 Å². The fourth-order valence-electron chi connectivity index (χ4n) is 2.64. The van der Waals surface area contributed by atoms with Gasteiger partial charge in [-0.25, -0.2) is 0 Å². The first kappa shape index (κ1) is 14.4. The smallest absolute Gasteiger partial charge is 0.270 e. The zero-order chi connectivity index (χ0) is 14.9. The fraction of sp³-hybridized carbons (Fsp3) is 0.571. The average molecular weight is 278 g/mol. The van der Waals surface area contributed by atoms with Crippen LogP contribution in [0.15, 0.2) is 12.3 Å². The molecule has 0 spiro atoms. The number of nitrogen functional groups attached to an aromatic ring is 1. The molecular formula is C14H22N4O2. The molecule has 2 amide bonds. The molecule has 0 aromatic carbocycles. The maximum Gasteiger partial charge on any atom is 0.270 e. The van der Waals surface area contributed by atoms with Crippen molar-refractivity contribution in [3.8, 4) is 0 Å². The molecule has 0 radical (unpaired) electrons. The summed E-state index contributed by atoms with van der Waals surface area (Å²) in [6.07, 6.45) is 3.31. The third kappa shape index (κ3) is 2.50. The van der Waals surface area contributed by atoms with Crippen molar-refractivity contribution in [2.24, 2.45) is 11.1 Å². The highest BCUT2D eigenvalue weighted by atomic mass is 16.2. The van der Waals surface area contributed by atoms with E-state index in [1.807, 2.05) is 18.4 Å². The van der Waals surface area contributed by atoms with Gasteiger partial charge >= 0.3 is 0 Å². The van der Waals surface area contributed by atoms with E-state index < -0.39 is 5.41 Å². The lowest BCUT2D eigenvalue weighted by Gasteiger charge is -2.21. The highest BCUT2D eigenvalue weighted by Gasteiger charge is 2.41. The number of primary amides is 1. The van der Waals surface area contributed by atoms with E-state index in [9.17, 15) is 9.59 Å². The summed E-state index contributed by atoms with van der Waals surface area (Å²) >= 11 is 0. The van der Waals surface area contributed by atoms with Gasteiger partial charge in [-0.15, -0.1) is 0 Å². The number of aromatic nitrogens is 1. The van der Waals surface area contributed by atoms with Gasteiger partial charge in [0.05, 0.1) is 11.1 Å². The molecule has 1 saturated heterocycles. The van der Waals surface area contributed by atoms with Crippen molar-refractivity contribution < 1.29 is 9.59 Å². The third-order valence-corrected chi connectivity index (χ3v) is 3.96. The van der Waals surface area contributed by atoms with E-state index in [2.05, 4.69) is 0 Å². The third-order valence-electron chi connectivity index (χ3n) is 3.96. The number of anilines is 1. The molecule has 2 rings (SSSR count). The Kier molecular flexibility index (Phi) is 3.74. The molecule has 0 saturated carbocycles. The molecule has 1 aromatic heterocycles. The molecule has 1 fully saturated rings. The van der Waals surface area contributed by atoms with Gasteiger partial charge in [-0.1, -0.05) is 6.92 Å². The van der Waals surface area contributed by atoms with Gasteiger partial charge in [0, 0.05) is 25.8 Å². The number of carbonyl (C=O) groups is 2. The maximum absolute atomic E-state index is 12.6. The van der Waals surface area contributed by atoms with Gasteiger partial charge in [0.2, 0.25) is 5.91 Å². The lowest BCUT2D eigenvalue weighted by Crippen LogP contribution is -2.39. The summed E-state index contributed by atoms with van der Waals surface area (Å²) in [5.41, 5.74) is 11.7. The van der Waals surface area contributed by atoms with Crippen molar-refractivity contribution in [3.63, 3.8) is 0 Å². The van der Waals surface area contributed by atoms with Crippen molar-refractivity contribution in [1.29, 1.82) is 0 Å². The SMILES string of the molecule is CCCn1cc(N)cc1C(=O)N1CCC(C)(C(N)=O)C1. The van der Waals surface area contributed by atoms with Gasteiger partial charge in [-0.05, 0) is 25.8 Å². The predicted molar refractivity (Wildman–Crippen MR) is 77.0 cm³/mol. The van der Waals surface area contributed by atoms with E-state index in [0.717, 1.165) is 13.0 Å². The van der Waals surface area contributed by atoms with Crippen molar-refractivity contribution in [1.82, 2.24) is 9.47 Å². The molecule has 20 heavy (non-hydrogen) atoms. The van der Waals surface area contributed by atoms with Gasteiger partial charge in [-0.3, -0.25) is 9.59 Å². The van der Waals surface area contributed by atoms with Crippen molar-refractivity contribution in [2.75, 3.05) is 18.8 Å². The van der Waals surface area contributed by atoms with Crippen LogP contribution in [0.1, 0.15) is 37.2 Å². The summed E-state index contributed by atoms with van der Waals surface area (Å²) < 4.78 is 1.87. The second-order valence-electron chi connectivity index (χ2n) is 5.75. The zero-order valence-corrected chi connectivity index (χ0v) is 12.1. The predicted octanol–water partition coefficient (Wildman–Crippen LogP) is 0.818. The largest absolute Gasteiger partial charge is 0.397 e. The first-order chi connectivity index (χ1) is 9.37. The lowest BCUT2D eigenvalue weighted by atomic mass is 9.89. The normalized spacial score (nSPS) is 22.2. The minimum atomic E-state index is -0.622. The number of amides is 2. The van der Waals surface area contributed by atoms with Crippen LogP contribution in [0.25, 0.3) is 0 Å². The van der Waals surface area contributed by atoms with Crippen molar-refractivity contribution >= 4 is 17.5 Å². The molecule has 1 aromatic rings. The van der Waals surface area contributed by atoms with Crippen LogP contribution in [0.4, 0.5) is 5.69 Å². The number of nitrogens with zero attached hydrogens (tertiary/aromatic N) is 2. The minimum Gasteiger partial charge on any atom is -0.397 e. The van der Waals surface area contributed by atoms with Crippen LogP contribution < -0.4 is 11.5 Å². The highest BCUT2D eigenvalue weighted by Crippen LogP contribution is 2.30. The Labute approximate surface area is 118 Å². The van der Waals surface area contributed by atoms with E-state index in [4.69, 9.17) is 11.5 Å². The Balaban J connectivity index is 2.19. The first-order valence-corrected chi connectivity index (χ1v) is 6.92. The van der Waals surface area contributed by atoms with Gasteiger partial charge in [0.1, 0.15) is 5.69 Å². The van der Waals surface area contributed by atoms with Gasteiger partial charge < -0.3 is 20.9 Å². The second-order valence-corrected chi connectivity index (χ2v) is 5.75. The van der Waals surface area contributed by atoms with Crippen molar-refractivity contribution in [2.45, 2.75) is 33.2 Å². The van der Waals surface area contributed by atoms with E-state index >= 15 is 0 Å². The molecule has 4 N–H and O–H groups in total. The molecule has 0 aliphatic carbocycles. The minimum absolute atomic E-state index is 0.0832. The van der Waals surface area contributed by atoms with Crippen LogP contribution in [0.5, 0.6) is 0 Å². The van der Waals surface area contributed by atoms with Crippen LogP contribution >= 0.6 is 0 Å². The first-order valence-electron chi connectivity index (χ1n) is 6.92. The Hall–Kier alpha value is -1.98. The second kappa shape index (κ2) is 5.19. The number of rotatable bonds is 4. The monoisotopic (exact) mass is 278 g/mol. The molecule has 1 unspecified atom stereocenters. The Morgan fingerprint density at radius 2 is 2.15 bits per heavy atom. The maximum atomic E-state index is 12.6. The summed E-state index contributed by atoms with van der Waals surface area (Å²) in [7, 11) is 0. The Morgan fingerprint density at radius 1 is 1.45 bits per heavy atom. The molecule has 1 atom stereocenters. The standard InChI is InChI=1S/C14H22N4O2/c1-3-5-17-8-10(15)7-11(17)12(19)18-6-4-14(2,9-18)13(16)20/h7-8H,3-6,9,15H2,1-2H3,(H2,16,20). The van der Waals surface area contributed by atoms with Gasteiger partial charge in [0.15, 0.2) is 0 Å². The van der Waals surface area contributed by atoms with E-state index in [0.29, 0.717) is 30.9 Å². The summed E-state index contributed by atoms with van der Waals surface area (Å²) in [6, 6.07) is 1.69. The van der Waals surface area contributed by atoms with E-state index in [1.54, 1.807) is 17.2 Å². The Morgan fingerprint density at radius 3 is 2.70 bits per heavy atom. The zero-order valence-electron chi connectivity index (χ0n) is 12.1. The number of likely N-dealkylation sites (tertiary alicyclic amines) is 1. The summed E-state index contributed by atoms with van der Waals surface area (Å²) in [4.78, 5) is 25.7. The topological polar surface area (TPSA) is 94.3 Å². The number of hydrogen-bond donors (Lipinski definition) is 2. The molecule has 1 aliphatic rings. The van der Waals surface area contributed by atoms with Gasteiger partial charge in [0.25, 0.3) is 5.91 Å². The quantitative estimate of drug-likeness (QED) is 0.853. The van der Waals surface area contributed by atoms with Crippen LogP contribution in [-0.4, -0.2) is 34.4 Å². The molecule has 0 bridgehead atoms. The van der Waals surface area contributed by atoms with E-state index in [-0.39, 0.29) is 11.8 Å². The molecule has 1 aliphatic heterocycles. The fourth-order valence-corrected chi connectivity index (χ4v) is 2.64. The number of carbonyl (C=O) groups excluding carboxylic acids is 2. The lowest BCUT2D eigenvalue weighted by molar-refractivity contribution is -0.126.